The van der Waals surface area contributed by atoms with E-state index in [0.29, 0.717) is 12.8 Å². The molecule has 0 bridgehead atoms. The SMILES string of the molecule is O=C(O)CCCCCCCCCCCCCCCCCS(=O)(=O)O. The zero-order chi connectivity index (χ0) is 18.1. The molecule has 24 heavy (non-hydrogen) atoms. The topological polar surface area (TPSA) is 91.7 Å². The molecule has 144 valence electrons. The molecule has 0 radical (unpaired) electrons. The predicted molar refractivity (Wildman–Crippen MR) is 97.9 cm³/mol. The maximum absolute atomic E-state index is 10.5. The number of aliphatic carboxylic acids is 1. The summed E-state index contributed by atoms with van der Waals surface area (Å²) in [6, 6.07) is 0. The molecule has 0 aromatic carbocycles. The van der Waals surface area contributed by atoms with Crippen LogP contribution in [0.2, 0.25) is 0 Å². The zero-order valence-electron chi connectivity index (χ0n) is 15.0. The lowest BCUT2D eigenvalue weighted by atomic mass is 10.0. The molecule has 0 spiro atoms. The van der Waals surface area contributed by atoms with Crippen molar-refractivity contribution in [2.24, 2.45) is 0 Å². The van der Waals surface area contributed by atoms with Crippen molar-refractivity contribution in [2.75, 3.05) is 5.75 Å². The molecule has 0 atom stereocenters. The van der Waals surface area contributed by atoms with Gasteiger partial charge in [-0.15, -0.1) is 0 Å². The summed E-state index contributed by atoms with van der Waals surface area (Å²) in [4.78, 5) is 10.4. The average molecular weight is 365 g/mol. The number of carbonyl (C=O) groups is 1. The molecule has 2 N–H and O–H groups in total. The van der Waals surface area contributed by atoms with Crippen LogP contribution in [0.4, 0.5) is 0 Å². The van der Waals surface area contributed by atoms with Crippen LogP contribution in [0.1, 0.15) is 103 Å². The second-order valence-electron chi connectivity index (χ2n) is 6.73. The minimum atomic E-state index is -3.77. The van der Waals surface area contributed by atoms with E-state index in [-0.39, 0.29) is 5.75 Å². The van der Waals surface area contributed by atoms with E-state index in [1.807, 2.05) is 0 Å². The molecule has 0 aliphatic heterocycles. The molecule has 0 fully saturated rings. The summed E-state index contributed by atoms with van der Waals surface area (Å²) in [6.07, 6.45) is 17.1. The summed E-state index contributed by atoms with van der Waals surface area (Å²) in [5.74, 6) is -0.792. The number of rotatable bonds is 18. The molecule has 0 saturated carbocycles. The number of hydrogen-bond acceptors (Lipinski definition) is 3. The Hall–Kier alpha value is -0.620. The number of carboxylic acid groups (broad SMARTS) is 1. The molecule has 0 aromatic rings. The molecule has 0 heterocycles. The second kappa shape index (κ2) is 15.9. The highest BCUT2D eigenvalue weighted by atomic mass is 32.2. The molecule has 0 aliphatic rings. The summed E-state index contributed by atoms with van der Waals surface area (Å²) >= 11 is 0. The fourth-order valence-electron chi connectivity index (χ4n) is 2.86. The highest BCUT2D eigenvalue weighted by Gasteiger charge is 2.02. The smallest absolute Gasteiger partial charge is 0.303 e. The summed E-state index contributed by atoms with van der Waals surface area (Å²) in [5, 5.41) is 8.53. The first-order valence-electron chi connectivity index (χ1n) is 9.59. The first-order valence-corrected chi connectivity index (χ1v) is 11.2. The highest BCUT2D eigenvalue weighted by molar-refractivity contribution is 7.85. The van der Waals surface area contributed by atoms with Gasteiger partial charge in [0.2, 0.25) is 0 Å². The van der Waals surface area contributed by atoms with Crippen LogP contribution in [0.25, 0.3) is 0 Å². The van der Waals surface area contributed by atoms with E-state index in [9.17, 15) is 13.2 Å². The van der Waals surface area contributed by atoms with Gasteiger partial charge in [-0.2, -0.15) is 8.42 Å². The standard InChI is InChI=1S/C18H36O5S/c19-18(20)16-14-12-10-8-6-4-2-1-3-5-7-9-11-13-15-17-24(21,22)23/h1-17H2,(H,19,20)(H,21,22,23). The highest BCUT2D eigenvalue weighted by Crippen LogP contribution is 2.13. The van der Waals surface area contributed by atoms with E-state index in [2.05, 4.69) is 0 Å². The van der Waals surface area contributed by atoms with Crippen molar-refractivity contribution in [3.05, 3.63) is 0 Å². The van der Waals surface area contributed by atoms with Gasteiger partial charge in [-0.25, -0.2) is 0 Å². The Kier molecular flexibility index (Phi) is 15.5. The lowest BCUT2D eigenvalue weighted by molar-refractivity contribution is -0.137. The Bertz CT molecular complexity index is 392. The normalized spacial score (nSPS) is 11.7. The van der Waals surface area contributed by atoms with Gasteiger partial charge in [-0.3, -0.25) is 9.35 Å². The fourth-order valence-corrected chi connectivity index (χ4v) is 3.43. The Balaban J connectivity index is 3.06. The van der Waals surface area contributed by atoms with Gasteiger partial charge in [-0.05, 0) is 12.8 Å². The zero-order valence-corrected chi connectivity index (χ0v) is 15.9. The molecular weight excluding hydrogens is 328 g/mol. The first-order chi connectivity index (χ1) is 11.4. The van der Waals surface area contributed by atoms with Crippen LogP contribution in [0, 0.1) is 0 Å². The van der Waals surface area contributed by atoms with E-state index in [4.69, 9.17) is 9.66 Å². The van der Waals surface area contributed by atoms with Crippen molar-refractivity contribution in [3.8, 4) is 0 Å². The van der Waals surface area contributed by atoms with Crippen LogP contribution in [0.3, 0.4) is 0 Å². The van der Waals surface area contributed by atoms with E-state index in [0.717, 1.165) is 38.5 Å². The predicted octanol–water partition coefficient (Wildman–Crippen LogP) is 5.20. The van der Waals surface area contributed by atoms with Crippen LogP contribution >= 0.6 is 0 Å². The molecule has 0 unspecified atom stereocenters. The average Bonchev–Trinajstić information content (AvgIpc) is 2.49. The third-order valence-electron chi connectivity index (χ3n) is 4.29. The maximum atomic E-state index is 10.5. The van der Waals surface area contributed by atoms with Crippen LogP contribution < -0.4 is 0 Å². The van der Waals surface area contributed by atoms with Crippen molar-refractivity contribution in [2.45, 2.75) is 103 Å². The van der Waals surface area contributed by atoms with E-state index in [1.165, 1.54) is 51.4 Å². The van der Waals surface area contributed by atoms with Gasteiger partial charge in [-0.1, -0.05) is 83.5 Å². The molecule has 6 heteroatoms. The summed E-state index contributed by atoms with van der Waals surface area (Å²) in [7, 11) is -3.77. The lowest BCUT2D eigenvalue weighted by Crippen LogP contribution is -2.03. The van der Waals surface area contributed by atoms with E-state index >= 15 is 0 Å². The van der Waals surface area contributed by atoms with Crippen molar-refractivity contribution in [3.63, 3.8) is 0 Å². The largest absolute Gasteiger partial charge is 0.481 e. The Morgan fingerprint density at radius 1 is 0.583 bits per heavy atom. The minimum Gasteiger partial charge on any atom is -0.481 e. The van der Waals surface area contributed by atoms with E-state index in [1.54, 1.807) is 0 Å². The van der Waals surface area contributed by atoms with Crippen molar-refractivity contribution < 1.29 is 22.9 Å². The quantitative estimate of drug-likeness (QED) is 0.257. The van der Waals surface area contributed by atoms with Crippen molar-refractivity contribution in [1.82, 2.24) is 0 Å². The van der Waals surface area contributed by atoms with Gasteiger partial charge in [0.15, 0.2) is 0 Å². The van der Waals surface area contributed by atoms with Gasteiger partial charge in [0.1, 0.15) is 0 Å². The maximum Gasteiger partial charge on any atom is 0.303 e. The second-order valence-corrected chi connectivity index (χ2v) is 8.31. The summed E-state index contributed by atoms with van der Waals surface area (Å²) in [5.41, 5.74) is 0. The molecule has 5 nitrogen and oxygen atoms in total. The first kappa shape index (κ1) is 23.4. The molecule has 0 aliphatic carbocycles. The van der Waals surface area contributed by atoms with E-state index < -0.39 is 16.1 Å². The lowest BCUT2D eigenvalue weighted by Gasteiger charge is -2.03. The summed E-state index contributed by atoms with van der Waals surface area (Å²) < 4.78 is 29.7. The van der Waals surface area contributed by atoms with Crippen LogP contribution in [0.5, 0.6) is 0 Å². The molecule has 0 aromatic heterocycles. The van der Waals surface area contributed by atoms with Crippen molar-refractivity contribution >= 4 is 16.1 Å². The third kappa shape index (κ3) is 21.4. The van der Waals surface area contributed by atoms with Gasteiger partial charge < -0.3 is 5.11 Å². The van der Waals surface area contributed by atoms with Gasteiger partial charge in [0.25, 0.3) is 10.1 Å². The molecule has 0 rings (SSSR count). The molecular formula is C18H36O5S. The third-order valence-corrected chi connectivity index (χ3v) is 5.10. The number of hydrogen-bond donors (Lipinski definition) is 2. The van der Waals surface area contributed by atoms with Gasteiger partial charge in [0.05, 0.1) is 5.75 Å². The van der Waals surface area contributed by atoms with Gasteiger partial charge >= 0.3 is 5.97 Å². The number of unbranched alkanes of at least 4 members (excludes halogenated alkanes) is 14. The van der Waals surface area contributed by atoms with Crippen LogP contribution in [-0.2, 0) is 14.9 Å². The fraction of sp³-hybridized carbons (Fsp3) is 0.944. The Morgan fingerprint density at radius 2 is 0.875 bits per heavy atom. The summed E-state index contributed by atoms with van der Waals surface area (Å²) in [6.45, 7) is 0. The van der Waals surface area contributed by atoms with Crippen molar-refractivity contribution in [1.29, 1.82) is 0 Å². The van der Waals surface area contributed by atoms with Crippen LogP contribution in [0.15, 0.2) is 0 Å². The molecule has 0 amide bonds. The van der Waals surface area contributed by atoms with Crippen LogP contribution in [-0.4, -0.2) is 29.8 Å². The molecule has 0 saturated heterocycles. The monoisotopic (exact) mass is 364 g/mol. The Morgan fingerprint density at radius 3 is 1.17 bits per heavy atom. The number of carboxylic acids is 1. The Labute approximate surface area is 148 Å². The van der Waals surface area contributed by atoms with Gasteiger partial charge in [0, 0.05) is 6.42 Å². The minimum absolute atomic E-state index is 0.105.